The molecule has 0 aliphatic rings. The Balaban J connectivity index is 2.03. The van der Waals surface area contributed by atoms with Gasteiger partial charge in [0.15, 0.2) is 5.75 Å². The van der Waals surface area contributed by atoms with Crippen molar-refractivity contribution in [3.63, 3.8) is 0 Å². The summed E-state index contributed by atoms with van der Waals surface area (Å²) in [4.78, 5) is 13.2. The average molecular weight is 377 g/mol. The molecule has 0 saturated carbocycles. The first-order valence-electron chi connectivity index (χ1n) is 8.79. The van der Waals surface area contributed by atoms with E-state index in [0.29, 0.717) is 11.1 Å². The van der Waals surface area contributed by atoms with Gasteiger partial charge in [-0.3, -0.25) is 4.79 Å². The second-order valence-corrected chi connectivity index (χ2v) is 6.42. The molecular weight excluding hydrogens is 360 g/mol. The molecule has 0 spiro atoms. The first-order chi connectivity index (χ1) is 13.6. The molecule has 0 bridgehead atoms. The van der Waals surface area contributed by atoms with Gasteiger partial charge in [-0.05, 0) is 29.8 Å². The van der Waals surface area contributed by atoms with E-state index in [4.69, 9.17) is 4.74 Å². The van der Waals surface area contributed by atoms with Gasteiger partial charge < -0.3 is 9.30 Å². The fourth-order valence-corrected chi connectivity index (χ4v) is 3.45. The molecule has 1 aromatic heterocycles. The summed E-state index contributed by atoms with van der Waals surface area (Å²) in [5.41, 5.74) is 1.85. The maximum atomic E-state index is 14.2. The van der Waals surface area contributed by atoms with Crippen LogP contribution in [0, 0.1) is 11.6 Å². The number of para-hydroxylation sites is 1. The van der Waals surface area contributed by atoms with E-state index in [1.54, 1.807) is 6.07 Å². The molecule has 0 unspecified atom stereocenters. The van der Waals surface area contributed by atoms with E-state index in [1.165, 1.54) is 11.7 Å². The molecule has 4 rings (SSSR count). The van der Waals surface area contributed by atoms with Crippen LogP contribution in [-0.4, -0.2) is 11.7 Å². The third-order valence-electron chi connectivity index (χ3n) is 4.73. The number of hydrogen-bond donors (Lipinski definition) is 0. The Labute approximate surface area is 160 Å². The Hall–Kier alpha value is -3.47. The summed E-state index contributed by atoms with van der Waals surface area (Å²) in [5, 5.41) is 0.793. The molecule has 4 aromatic rings. The van der Waals surface area contributed by atoms with Crippen LogP contribution < -0.4 is 10.3 Å². The zero-order chi connectivity index (χ0) is 19.7. The van der Waals surface area contributed by atoms with Gasteiger partial charge in [0, 0.05) is 16.5 Å². The van der Waals surface area contributed by atoms with Crippen molar-refractivity contribution in [3.8, 4) is 16.9 Å². The molecule has 3 aromatic carbocycles. The van der Waals surface area contributed by atoms with Gasteiger partial charge in [0.2, 0.25) is 0 Å². The Morgan fingerprint density at radius 1 is 0.929 bits per heavy atom. The predicted molar refractivity (Wildman–Crippen MR) is 106 cm³/mol. The minimum absolute atomic E-state index is 0.0989. The molecule has 1 heterocycles. The van der Waals surface area contributed by atoms with Gasteiger partial charge in [-0.1, -0.05) is 48.5 Å². The fraction of sp³-hybridized carbons (Fsp3) is 0.0870. The predicted octanol–water partition coefficient (Wildman–Crippen LogP) is 5.00. The number of fused-ring (bicyclic) bond motifs is 1. The third kappa shape index (κ3) is 3.05. The van der Waals surface area contributed by atoms with Crippen LogP contribution in [0.1, 0.15) is 5.56 Å². The summed E-state index contributed by atoms with van der Waals surface area (Å²) >= 11 is 0. The maximum Gasteiger partial charge on any atom is 0.294 e. The molecule has 5 heteroatoms. The molecule has 0 saturated heterocycles. The van der Waals surface area contributed by atoms with Crippen molar-refractivity contribution < 1.29 is 13.5 Å². The lowest BCUT2D eigenvalue weighted by molar-refractivity contribution is 0.407. The molecule has 0 N–H and O–H groups in total. The molecule has 0 amide bonds. The standard InChI is InChI=1S/C23H17F2NO2/c1-28-22-21(15-7-3-2-4-8-15)18-9-5-6-10-20(18)26(23(22)27)14-16-13-17(24)11-12-19(16)25/h2-13H,14H2,1H3. The zero-order valence-corrected chi connectivity index (χ0v) is 15.2. The van der Waals surface area contributed by atoms with E-state index in [2.05, 4.69) is 0 Å². The minimum Gasteiger partial charge on any atom is -0.491 e. The van der Waals surface area contributed by atoms with E-state index in [0.717, 1.165) is 29.1 Å². The minimum atomic E-state index is -0.566. The second-order valence-electron chi connectivity index (χ2n) is 6.42. The highest BCUT2D eigenvalue weighted by atomic mass is 19.1. The van der Waals surface area contributed by atoms with E-state index in [9.17, 15) is 13.6 Å². The number of benzene rings is 3. The summed E-state index contributed by atoms with van der Waals surface area (Å²) in [6, 6.07) is 20.0. The summed E-state index contributed by atoms with van der Waals surface area (Å²) in [6.07, 6.45) is 0. The topological polar surface area (TPSA) is 31.2 Å². The number of pyridine rings is 1. The van der Waals surface area contributed by atoms with Crippen molar-refractivity contribution in [1.82, 2.24) is 4.57 Å². The van der Waals surface area contributed by atoms with Crippen LogP contribution in [0.25, 0.3) is 22.0 Å². The molecule has 0 aliphatic carbocycles. The molecule has 0 atom stereocenters. The maximum absolute atomic E-state index is 14.2. The number of halogens is 2. The van der Waals surface area contributed by atoms with Crippen LogP contribution >= 0.6 is 0 Å². The van der Waals surface area contributed by atoms with E-state index in [-0.39, 0.29) is 17.9 Å². The molecular formula is C23H17F2NO2. The number of ether oxygens (including phenoxy) is 1. The number of hydrogen-bond acceptors (Lipinski definition) is 2. The lowest BCUT2D eigenvalue weighted by Gasteiger charge is -2.17. The number of nitrogens with zero attached hydrogens (tertiary/aromatic N) is 1. The number of aromatic nitrogens is 1. The summed E-state index contributed by atoms with van der Waals surface area (Å²) in [5.74, 6) is -0.952. The zero-order valence-electron chi connectivity index (χ0n) is 15.2. The highest BCUT2D eigenvalue weighted by Gasteiger charge is 2.19. The van der Waals surface area contributed by atoms with Crippen LogP contribution in [-0.2, 0) is 6.54 Å². The van der Waals surface area contributed by atoms with Crippen molar-refractivity contribution >= 4 is 10.9 Å². The first kappa shape index (κ1) is 17.9. The van der Waals surface area contributed by atoms with Gasteiger partial charge in [0.25, 0.3) is 5.56 Å². The molecule has 0 radical (unpaired) electrons. The van der Waals surface area contributed by atoms with Gasteiger partial charge in [-0.15, -0.1) is 0 Å². The van der Waals surface area contributed by atoms with Crippen LogP contribution in [0.3, 0.4) is 0 Å². The monoisotopic (exact) mass is 377 g/mol. The Morgan fingerprint density at radius 2 is 1.64 bits per heavy atom. The highest BCUT2D eigenvalue weighted by Crippen LogP contribution is 2.34. The van der Waals surface area contributed by atoms with Crippen molar-refractivity contribution in [2.45, 2.75) is 6.54 Å². The molecule has 140 valence electrons. The van der Waals surface area contributed by atoms with E-state index >= 15 is 0 Å². The summed E-state index contributed by atoms with van der Waals surface area (Å²) < 4.78 is 34.7. The van der Waals surface area contributed by atoms with Gasteiger partial charge in [-0.25, -0.2) is 8.78 Å². The van der Waals surface area contributed by atoms with Gasteiger partial charge in [0.1, 0.15) is 11.6 Å². The third-order valence-corrected chi connectivity index (χ3v) is 4.73. The Kier molecular flexibility index (Phi) is 4.65. The first-order valence-corrected chi connectivity index (χ1v) is 8.79. The SMILES string of the molecule is COc1c(-c2ccccc2)c2ccccc2n(Cc2cc(F)ccc2F)c1=O. The van der Waals surface area contributed by atoms with Gasteiger partial charge >= 0.3 is 0 Å². The van der Waals surface area contributed by atoms with E-state index in [1.807, 2.05) is 48.5 Å². The van der Waals surface area contributed by atoms with E-state index < -0.39 is 17.2 Å². The van der Waals surface area contributed by atoms with Crippen LogP contribution in [0.4, 0.5) is 8.78 Å². The van der Waals surface area contributed by atoms with Crippen LogP contribution in [0.15, 0.2) is 77.6 Å². The number of methoxy groups -OCH3 is 1. The molecule has 0 aliphatic heterocycles. The van der Waals surface area contributed by atoms with Crippen LogP contribution in [0.5, 0.6) is 5.75 Å². The van der Waals surface area contributed by atoms with Crippen molar-refractivity contribution in [3.05, 3.63) is 100 Å². The lowest BCUT2D eigenvalue weighted by Crippen LogP contribution is -2.24. The van der Waals surface area contributed by atoms with Gasteiger partial charge in [0.05, 0.1) is 19.2 Å². The second kappa shape index (κ2) is 7.27. The fourth-order valence-electron chi connectivity index (χ4n) is 3.45. The molecule has 3 nitrogen and oxygen atoms in total. The van der Waals surface area contributed by atoms with Crippen molar-refractivity contribution in [2.24, 2.45) is 0 Å². The lowest BCUT2D eigenvalue weighted by atomic mass is 9.99. The largest absolute Gasteiger partial charge is 0.491 e. The van der Waals surface area contributed by atoms with Crippen molar-refractivity contribution in [1.29, 1.82) is 0 Å². The summed E-state index contributed by atoms with van der Waals surface area (Å²) in [7, 11) is 1.44. The number of rotatable bonds is 4. The van der Waals surface area contributed by atoms with Gasteiger partial charge in [-0.2, -0.15) is 0 Å². The average Bonchev–Trinajstić information content (AvgIpc) is 2.72. The molecule has 28 heavy (non-hydrogen) atoms. The van der Waals surface area contributed by atoms with Crippen LogP contribution in [0.2, 0.25) is 0 Å². The summed E-state index contributed by atoms with van der Waals surface area (Å²) in [6.45, 7) is -0.103. The Bertz CT molecular complexity index is 1220. The Morgan fingerprint density at radius 3 is 2.39 bits per heavy atom. The smallest absolute Gasteiger partial charge is 0.294 e. The molecule has 0 fully saturated rings. The quantitative estimate of drug-likeness (QED) is 0.501. The normalized spacial score (nSPS) is 11.0. The highest BCUT2D eigenvalue weighted by molar-refractivity contribution is 5.97. The van der Waals surface area contributed by atoms with Crippen molar-refractivity contribution in [2.75, 3.05) is 7.11 Å².